The molecule has 1 atom stereocenters. The summed E-state index contributed by atoms with van der Waals surface area (Å²) in [6.07, 6.45) is 0. The van der Waals surface area contributed by atoms with Gasteiger partial charge in [0.15, 0.2) is 0 Å². The van der Waals surface area contributed by atoms with Crippen LogP contribution < -0.4 is 4.72 Å². The van der Waals surface area contributed by atoms with Crippen LogP contribution in [0.25, 0.3) is 0 Å². The number of hydrogen-bond acceptors (Lipinski definition) is 4. The lowest BCUT2D eigenvalue weighted by atomic mass is 10.1. The largest absolute Gasteiger partial charge is 0.387 e. The number of sulfonamides is 1. The van der Waals surface area contributed by atoms with Crippen LogP contribution in [-0.2, 0) is 10.0 Å². The van der Waals surface area contributed by atoms with E-state index in [1.165, 1.54) is 0 Å². The summed E-state index contributed by atoms with van der Waals surface area (Å²) in [5, 5.41) is 10.1. The molecule has 1 unspecified atom stereocenters. The highest BCUT2D eigenvalue weighted by Gasteiger charge is 2.24. The van der Waals surface area contributed by atoms with Gasteiger partial charge in [0.1, 0.15) is 0 Å². The van der Waals surface area contributed by atoms with Crippen LogP contribution in [0.3, 0.4) is 0 Å². The molecule has 0 saturated heterocycles. The minimum Gasteiger partial charge on any atom is -0.387 e. The van der Waals surface area contributed by atoms with Gasteiger partial charge in [-0.3, -0.25) is 0 Å². The molecule has 5 nitrogen and oxygen atoms in total. The molecule has 0 bridgehead atoms. The molecule has 1 aromatic carbocycles. The molecular weight excluding hydrogens is 379 g/mol. The maximum absolute atomic E-state index is 12.0. The molecule has 0 saturated carbocycles. The van der Waals surface area contributed by atoms with Crippen LogP contribution in [0.15, 0.2) is 29.2 Å². The Morgan fingerprint density at radius 2 is 1.84 bits per heavy atom. The van der Waals surface area contributed by atoms with Crippen molar-refractivity contribution in [3.63, 3.8) is 0 Å². The van der Waals surface area contributed by atoms with Gasteiger partial charge in [-0.15, -0.1) is 0 Å². The molecule has 0 heterocycles. The second-order valence-electron chi connectivity index (χ2n) is 5.01. The van der Waals surface area contributed by atoms with Crippen molar-refractivity contribution in [2.75, 3.05) is 27.2 Å². The smallest absolute Gasteiger partial charge is 0.240 e. The molecule has 2 N–H and O–H groups in total. The number of nitrogens with one attached hydrogen (secondary N) is 1. The first-order valence-corrected chi connectivity index (χ1v) is 8.31. The topological polar surface area (TPSA) is 69.6 Å². The molecule has 0 fully saturated rings. The van der Waals surface area contributed by atoms with Gasteiger partial charge in [0.25, 0.3) is 0 Å². The summed E-state index contributed by atoms with van der Waals surface area (Å²) in [4.78, 5) is 2.01. The molecule has 0 radical (unpaired) electrons. The van der Waals surface area contributed by atoms with E-state index in [0.717, 1.165) is 3.57 Å². The minimum atomic E-state index is -3.58. The van der Waals surface area contributed by atoms with Crippen molar-refractivity contribution < 1.29 is 13.5 Å². The number of aliphatic hydroxyl groups is 1. The van der Waals surface area contributed by atoms with Crippen LogP contribution in [0.2, 0.25) is 0 Å². The molecule has 1 rings (SSSR count). The molecule has 19 heavy (non-hydrogen) atoms. The fourth-order valence-corrected chi connectivity index (χ4v) is 3.21. The Morgan fingerprint density at radius 1 is 1.32 bits per heavy atom. The third-order valence-corrected chi connectivity index (χ3v) is 4.56. The number of benzene rings is 1. The van der Waals surface area contributed by atoms with Crippen molar-refractivity contribution in [3.8, 4) is 0 Å². The summed E-state index contributed by atoms with van der Waals surface area (Å²) in [6, 6.07) is 6.55. The second-order valence-corrected chi connectivity index (χ2v) is 8.03. The Kier molecular flexibility index (Phi) is 5.75. The predicted molar refractivity (Wildman–Crippen MR) is 83.5 cm³/mol. The second kappa shape index (κ2) is 6.49. The Labute approximate surface area is 128 Å². The van der Waals surface area contributed by atoms with Crippen molar-refractivity contribution >= 4 is 32.6 Å². The normalized spacial score (nSPS) is 15.5. The molecule has 0 aliphatic carbocycles. The molecule has 0 aliphatic heterocycles. The molecule has 0 spiro atoms. The van der Waals surface area contributed by atoms with Crippen LogP contribution in [0, 0.1) is 3.57 Å². The first-order chi connectivity index (χ1) is 8.62. The zero-order chi connectivity index (χ0) is 14.7. The third kappa shape index (κ3) is 5.74. The van der Waals surface area contributed by atoms with Gasteiger partial charge in [0, 0.05) is 16.7 Å². The van der Waals surface area contributed by atoms with E-state index >= 15 is 0 Å². The number of hydrogen-bond donors (Lipinski definition) is 2. The van der Waals surface area contributed by atoms with Crippen LogP contribution in [0.4, 0.5) is 0 Å². The fraction of sp³-hybridized carbons (Fsp3) is 0.500. The van der Waals surface area contributed by atoms with Gasteiger partial charge < -0.3 is 10.0 Å². The lowest BCUT2D eigenvalue weighted by molar-refractivity contribution is 0.0386. The number of nitrogens with zero attached hydrogens (tertiary/aromatic N) is 1. The van der Waals surface area contributed by atoms with Crippen molar-refractivity contribution in [1.29, 1.82) is 0 Å². The van der Waals surface area contributed by atoms with Crippen LogP contribution >= 0.6 is 22.6 Å². The molecule has 0 aromatic heterocycles. The van der Waals surface area contributed by atoms with Crippen molar-refractivity contribution in [2.24, 2.45) is 0 Å². The molecular formula is C12H19IN2O3S. The molecule has 1 aromatic rings. The summed E-state index contributed by atoms with van der Waals surface area (Å²) in [7, 11) is 0.0652. The highest BCUT2D eigenvalue weighted by Crippen LogP contribution is 2.13. The SMILES string of the molecule is CN(C)CC(C)(O)CNS(=O)(=O)c1ccc(I)cc1. The fourth-order valence-electron chi connectivity index (χ4n) is 1.68. The summed E-state index contributed by atoms with van der Waals surface area (Å²) in [5.41, 5.74) is -1.11. The van der Waals surface area contributed by atoms with Crippen LogP contribution in [0.1, 0.15) is 6.92 Å². The van der Waals surface area contributed by atoms with Gasteiger partial charge in [-0.1, -0.05) is 0 Å². The van der Waals surface area contributed by atoms with Gasteiger partial charge in [0.2, 0.25) is 10.0 Å². The minimum absolute atomic E-state index is 0.0283. The third-order valence-electron chi connectivity index (χ3n) is 2.42. The molecule has 7 heteroatoms. The quantitative estimate of drug-likeness (QED) is 0.699. The summed E-state index contributed by atoms with van der Waals surface area (Å²) < 4.78 is 27.5. The Morgan fingerprint density at radius 3 is 2.32 bits per heavy atom. The summed E-state index contributed by atoms with van der Waals surface area (Å²) in [6.45, 7) is 1.95. The number of likely N-dealkylation sites (N-methyl/N-ethyl adjacent to an activating group) is 1. The number of rotatable bonds is 6. The van der Waals surface area contributed by atoms with Gasteiger partial charge >= 0.3 is 0 Å². The van der Waals surface area contributed by atoms with Gasteiger partial charge in [-0.25, -0.2) is 13.1 Å². The zero-order valence-corrected chi connectivity index (χ0v) is 14.2. The molecule has 0 amide bonds. The van der Waals surface area contributed by atoms with Crippen LogP contribution in [-0.4, -0.2) is 51.2 Å². The lowest BCUT2D eigenvalue weighted by Gasteiger charge is -2.27. The Bertz CT molecular complexity index is 512. The predicted octanol–water partition coefficient (Wildman–Crippen LogP) is 0.882. The maximum atomic E-state index is 12.0. The van der Waals surface area contributed by atoms with Crippen molar-refractivity contribution in [2.45, 2.75) is 17.4 Å². The average Bonchev–Trinajstić information content (AvgIpc) is 2.26. The first kappa shape index (κ1) is 16.8. The van der Waals surface area contributed by atoms with Crippen molar-refractivity contribution in [3.05, 3.63) is 27.8 Å². The molecule has 108 valence electrons. The van der Waals surface area contributed by atoms with Crippen molar-refractivity contribution in [1.82, 2.24) is 9.62 Å². The van der Waals surface area contributed by atoms with E-state index in [2.05, 4.69) is 27.3 Å². The van der Waals surface area contributed by atoms with E-state index in [1.807, 2.05) is 14.1 Å². The highest BCUT2D eigenvalue weighted by atomic mass is 127. The van der Waals surface area contributed by atoms with Crippen LogP contribution in [0.5, 0.6) is 0 Å². The van der Waals surface area contributed by atoms with Gasteiger partial charge in [-0.05, 0) is 67.9 Å². The molecule has 0 aliphatic rings. The Balaban J connectivity index is 2.73. The Hall–Kier alpha value is -0.220. The van der Waals surface area contributed by atoms with E-state index in [9.17, 15) is 13.5 Å². The van der Waals surface area contributed by atoms with E-state index in [-0.39, 0.29) is 11.4 Å². The van der Waals surface area contributed by atoms with Gasteiger partial charge in [0.05, 0.1) is 10.5 Å². The average molecular weight is 398 g/mol. The standard InChI is InChI=1S/C12H19IN2O3S/c1-12(16,9-15(2)3)8-14-19(17,18)11-6-4-10(13)5-7-11/h4-7,14,16H,8-9H2,1-3H3. The van der Waals surface area contributed by atoms with Gasteiger partial charge in [-0.2, -0.15) is 0 Å². The summed E-state index contributed by atoms with van der Waals surface area (Å²) in [5.74, 6) is 0. The first-order valence-electron chi connectivity index (χ1n) is 5.75. The monoisotopic (exact) mass is 398 g/mol. The van der Waals surface area contributed by atoms with E-state index in [0.29, 0.717) is 6.54 Å². The van der Waals surface area contributed by atoms with E-state index < -0.39 is 15.6 Å². The summed E-state index contributed by atoms with van der Waals surface area (Å²) >= 11 is 2.11. The van der Waals surface area contributed by atoms with E-state index in [4.69, 9.17) is 0 Å². The number of halogens is 1. The zero-order valence-electron chi connectivity index (χ0n) is 11.2. The van der Waals surface area contributed by atoms with E-state index in [1.54, 1.807) is 36.1 Å². The maximum Gasteiger partial charge on any atom is 0.240 e. The highest BCUT2D eigenvalue weighted by molar-refractivity contribution is 14.1. The lowest BCUT2D eigenvalue weighted by Crippen LogP contribution is -2.47.